The van der Waals surface area contributed by atoms with Crippen LogP contribution in [0, 0.1) is 0 Å². The summed E-state index contributed by atoms with van der Waals surface area (Å²) in [5.41, 5.74) is 6.93. The molecule has 0 amide bonds. The zero-order valence-corrected chi connectivity index (χ0v) is 8.44. The van der Waals surface area contributed by atoms with Gasteiger partial charge in [-0.2, -0.15) is 0 Å². The highest BCUT2D eigenvalue weighted by Gasteiger charge is 2.08. The smallest absolute Gasteiger partial charge is 0.124 e. The summed E-state index contributed by atoms with van der Waals surface area (Å²) < 4.78 is 5.38. The van der Waals surface area contributed by atoms with E-state index >= 15 is 0 Å². The molecule has 0 radical (unpaired) electrons. The summed E-state index contributed by atoms with van der Waals surface area (Å²) in [7, 11) is 0. The van der Waals surface area contributed by atoms with Gasteiger partial charge in [-0.15, -0.1) is 0 Å². The normalized spacial score (nSPS) is 12.5. The highest BCUT2D eigenvalue weighted by Crippen LogP contribution is 2.24. The lowest BCUT2D eigenvalue weighted by molar-refractivity contribution is 0.199. The van der Waals surface area contributed by atoms with E-state index in [0.29, 0.717) is 6.61 Å². The molecule has 0 aliphatic carbocycles. The van der Waals surface area contributed by atoms with Crippen LogP contribution in [-0.2, 0) is 0 Å². The van der Waals surface area contributed by atoms with Gasteiger partial charge < -0.3 is 15.6 Å². The van der Waals surface area contributed by atoms with Crippen molar-refractivity contribution in [2.75, 3.05) is 13.2 Å². The SMILES string of the molecule is CC[C@@H](N)c1ccccc1OCCO. The lowest BCUT2D eigenvalue weighted by Crippen LogP contribution is -2.12. The Morgan fingerprint density at radius 1 is 1.43 bits per heavy atom. The van der Waals surface area contributed by atoms with E-state index in [1.54, 1.807) is 0 Å². The van der Waals surface area contributed by atoms with E-state index in [1.165, 1.54) is 0 Å². The van der Waals surface area contributed by atoms with Gasteiger partial charge in [-0.3, -0.25) is 0 Å². The Balaban J connectivity index is 2.79. The molecule has 0 spiro atoms. The monoisotopic (exact) mass is 195 g/mol. The number of hydrogen-bond acceptors (Lipinski definition) is 3. The van der Waals surface area contributed by atoms with Crippen molar-refractivity contribution in [3.8, 4) is 5.75 Å². The van der Waals surface area contributed by atoms with E-state index < -0.39 is 0 Å². The molecular weight excluding hydrogens is 178 g/mol. The molecule has 0 unspecified atom stereocenters. The summed E-state index contributed by atoms with van der Waals surface area (Å²) in [6, 6.07) is 7.68. The molecule has 0 fully saturated rings. The second-order valence-electron chi connectivity index (χ2n) is 3.12. The second kappa shape index (κ2) is 5.62. The van der Waals surface area contributed by atoms with Crippen LogP contribution in [0.1, 0.15) is 24.9 Å². The van der Waals surface area contributed by atoms with Gasteiger partial charge in [0, 0.05) is 11.6 Å². The highest BCUT2D eigenvalue weighted by molar-refractivity contribution is 5.35. The van der Waals surface area contributed by atoms with Crippen LogP contribution in [0.2, 0.25) is 0 Å². The van der Waals surface area contributed by atoms with E-state index in [4.69, 9.17) is 15.6 Å². The molecule has 1 aromatic rings. The van der Waals surface area contributed by atoms with Crippen molar-refractivity contribution < 1.29 is 9.84 Å². The number of hydrogen-bond donors (Lipinski definition) is 2. The van der Waals surface area contributed by atoms with Crippen LogP contribution in [-0.4, -0.2) is 18.3 Å². The largest absolute Gasteiger partial charge is 0.491 e. The highest BCUT2D eigenvalue weighted by atomic mass is 16.5. The molecule has 0 aliphatic heterocycles. The number of ether oxygens (including phenoxy) is 1. The van der Waals surface area contributed by atoms with Gasteiger partial charge in [-0.1, -0.05) is 25.1 Å². The fraction of sp³-hybridized carbons (Fsp3) is 0.455. The van der Waals surface area contributed by atoms with Gasteiger partial charge in [0.25, 0.3) is 0 Å². The maximum atomic E-state index is 8.66. The van der Waals surface area contributed by atoms with Crippen LogP contribution >= 0.6 is 0 Å². The first kappa shape index (κ1) is 11.0. The molecule has 14 heavy (non-hydrogen) atoms. The Morgan fingerprint density at radius 3 is 2.79 bits per heavy atom. The minimum atomic E-state index is 0.00453. The number of benzene rings is 1. The molecule has 0 heterocycles. The predicted molar refractivity (Wildman–Crippen MR) is 56.2 cm³/mol. The molecule has 78 valence electrons. The van der Waals surface area contributed by atoms with Gasteiger partial charge in [0.2, 0.25) is 0 Å². The molecule has 1 rings (SSSR count). The number of rotatable bonds is 5. The van der Waals surface area contributed by atoms with E-state index in [0.717, 1.165) is 17.7 Å². The number of aliphatic hydroxyl groups is 1. The molecule has 0 aliphatic rings. The van der Waals surface area contributed by atoms with E-state index in [1.807, 2.05) is 31.2 Å². The molecule has 3 N–H and O–H groups in total. The molecule has 0 saturated carbocycles. The van der Waals surface area contributed by atoms with Crippen LogP contribution in [0.15, 0.2) is 24.3 Å². The van der Waals surface area contributed by atoms with Gasteiger partial charge in [0.05, 0.1) is 6.61 Å². The van der Waals surface area contributed by atoms with Gasteiger partial charge in [-0.05, 0) is 12.5 Å². The summed E-state index contributed by atoms with van der Waals surface area (Å²) in [5, 5.41) is 8.66. The first-order chi connectivity index (χ1) is 6.79. The van der Waals surface area contributed by atoms with Gasteiger partial charge in [-0.25, -0.2) is 0 Å². The van der Waals surface area contributed by atoms with Crippen molar-refractivity contribution in [1.82, 2.24) is 0 Å². The molecule has 1 aromatic carbocycles. The maximum Gasteiger partial charge on any atom is 0.124 e. The molecule has 1 atom stereocenters. The predicted octanol–water partition coefficient (Wildman–Crippen LogP) is 1.47. The van der Waals surface area contributed by atoms with Crippen LogP contribution in [0.25, 0.3) is 0 Å². The summed E-state index contributed by atoms with van der Waals surface area (Å²) in [5.74, 6) is 0.774. The topological polar surface area (TPSA) is 55.5 Å². The van der Waals surface area contributed by atoms with E-state index in [-0.39, 0.29) is 12.6 Å². The quantitative estimate of drug-likeness (QED) is 0.748. The van der Waals surface area contributed by atoms with Crippen molar-refractivity contribution in [2.24, 2.45) is 5.73 Å². The van der Waals surface area contributed by atoms with Crippen molar-refractivity contribution in [3.63, 3.8) is 0 Å². The summed E-state index contributed by atoms with van der Waals surface area (Å²) in [6.07, 6.45) is 0.875. The molecule has 0 saturated heterocycles. The van der Waals surface area contributed by atoms with E-state index in [2.05, 4.69) is 0 Å². The third-order valence-electron chi connectivity index (χ3n) is 2.11. The Morgan fingerprint density at radius 2 is 2.14 bits per heavy atom. The van der Waals surface area contributed by atoms with Crippen molar-refractivity contribution >= 4 is 0 Å². The van der Waals surface area contributed by atoms with Crippen LogP contribution in [0.4, 0.5) is 0 Å². The lowest BCUT2D eigenvalue weighted by Gasteiger charge is -2.14. The Labute approximate surface area is 84.5 Å². The number of aliphatic hydroxyl groups excluding tert-OH is 1. The van der Waals surface area contributed by atoms with Crippen molar-refractivity contribution in [2.45, 2.75) is 19.4 Å². The zero-order chi connectivity index (χ0) is 10.4. The first-order valence-electron chi connectivity index (χ1n) is 4.87. The van der Waals surface area contributed by atoms with Gasteiger partial charge in [0.1, 0.15) is 12.4 Å². The van der Waals surface area contributed by atoms with E-state index in [9.17, 15) is 0 Å². The summed E-state index contributed by atoms with van der Waals surface area (Å²) >= 11 is 0. The average Bonchev–Trinajstić information content (AvgIpc) is 2.25. The molecule has 3 heteroatoms. The van der Waals surface area contributed by atoms with Gasteiger partial charge in [0.15, 0.2) is 0 Å². The number of nitrogens with two attached hydrogens (primary N) is 1. The van der Waals surface area contributed by atoms with Crippen LogP contribution in [0.3, 0.4) is 0 Å². The molecule has 0 aromatic heterocycles. The summed E-state index contributed by atoms with van der Waals surface area (Å²) in [4.78, 5) is 0. The standard InChI is InChI=1S/C11H17NO2/c1-2-10(12)9-5-3-4-6-11(9)14-8-7-13/h3-6,10,13H,2,7-8,12H2,1H3/t10-/m1/s1. The zero-order valence-electron chi connectivity index (χ0n) is 8.44. The second-order valence-corrected chi connectivity index (χ2v) is 3.12. The third-order valence-corrected chi connectivity index (χ3v) is 2.11. The average molecular weight is 195 g/mol. The molecular formula is C11H17NO2. The minimum absolute atomic E-state index is 0.00453. The fourth-order valence-corrected chi connectivity index (χ4v) is 1.29. The molecule has 3 nitrogen and oxygen atoms in total. The molecule has 0 bridgehead atoms. The lowest BCUT2D eigenvalue weighted by atomic mass is 10.0. The van der Waals surface area contributed by atoms with Crippen LogP contribution < -0.4 is 10.5 Å². The fourth-order valence-electron chi connectivity index (χ4n) is 1.29. The Hall–Kier alpha value is -1.06. The Bertz CT molecular complexity index is 276. The van der Waals surface area contributed by atoms with Gasteiger partial charge >= 0.3 is 0 Å². The van der Waals surface area contributed by atoms with Crippen molar-refractivity contribution in [1.29, 1.82) is 0 Å². The third kappa shape index (κ3) is 2.72. The maximum absolute atomic E-state index is 8.66. The number of para-hydroxylation sites is 1. The summed E-state index contributed by atoms with van der Waals surface area (Å²) in [6.45, 7) is 2.37. The van der Waals surface area contributed by atoms with Crippen molar-refractivity contribution in [3.05, 3.63) is 29.8 Å². The first-order valence-corrected chi connectivity index (χ1v) is 4.87. The Kier molecular flexibility index (Phi) is 4.43. The van der Waals surface area contributed by atoms with Crippen LogP contribution in [0.5, 0.6) is 5.75 Å². The minimum Gasteiger partial charge on any atom is -0.491 e.